The number of halogens is 1. The van der Waals surface area contributed by atoms with Crippen molar-refractivity contribution in [3.63, 3.8) is 0 Å². The lowest BCUT2D eigenvalue weighted by Crippen LogP contribution is -2.19. The van der Waals surface area contributed by atoms with Crippen LogP contribution in [0.2, 0.25) is 0 Å². The molecule has 0 aliphatic heterocycles. The molecule has 0 spiro atoms. The lowest BCUT2D eigenvalue weighted by Gasteiger charge is -2.18. The van der Waals surface area contributed by atoms with Crippen LogP contribution in [0.25, 0.3) is 0 Å². The smallest absolute Gasteiger partial charge is 0.0696 e. The van der Waals surface area contributed by atoms with Gasteiger partial charge in [0.1, 0.15) is 0 Å². The third-order valence-corrected chi connectivity index (χ3v) is 4.22. The topological polar surface area (TPSA) is 43.8 Å². The molecule has 2 aromatic rings. The van der Waals surface area contributed by atoms with Crippen LogP contribution in [-0.2, 0) is 6.42 Å². The van der Waals surface area contributed by atoms with Crippen molar-refractivity contribution in [1.82, 2.24) is 9.78 Å². The second kappa shape index (κ2) is 6.55. The van der Waals surface area contributed by atoms with Gasteiger partial charge in [-0.2, -0.15) is 5.10 Å². The van der Waals surface area contributed by atoms with Gasteiger partial charge in [0.25, 0.3) is 0 Å². The zero-order chi connectivity index (χ0) is 14.7. The van der Waals surface area contributed by atoms with E-state index in [1.165, 1.54) is 11.1 Å². The molecule has 1 aromatic carbocycles. The number of rotatable bonds is 5. The van der Waals surface area contributed by atoms with Crippen molar-refractivity contribution in [2.45, 2.75) is 45.7 Å². The third-order valence-electron chi connectivity index (χ3n) is 3.61. The summed E-state index contributed by atoms with van der Waals surface area (Å²) < 4.78 is 3.01. The van der Waals surface area contributed by atoms with Crippen molar-refractivity contribution in [2.75, 3.05) is 0 Å². The standard InChI is InChI=1S/C16H22BrN3/c1-11(2)20-16(14(17)10-19-20)15(18)9-8-13-7-5-4-6-12(13)3/h4-7,10-11,15H,8-9,18H2,1-3H3. The van der Waals surface area contributed by atoms with Gasteiger partial charge in [-0.15, -0.1) is 0 Å². The van der Waals surface area contributed by atoms with Crippen LogP contribution in [0.15, 0.2) is 34.9 Å². The van der Waals surface area contributed by atoms with Crippen molar-refractivity contribution in [3.8, 4) is 0 Å². The Balaban J connectivity index is 2.11. The molecule has 108 valence electrons. The molecule has 0 saturated heterocycles. The van der Waals surface area contributed by atoms with E-state index in [1.54, 1.807) is 0 Å². The average molecular weight is 336 g/mol. The van der Waals surface area contributed by atoms with Gasteiger partial charge in [0.2, 0.25) is 0 Å². The van der Waals surface area contributed by atoms with Crippen LogP contribution < -0.4 is 5.73 Å². The minimum atomic E-state index is -0.00567. The largest absolute Gasteiger partial charge is 0.323 e. The van der Waals surface area contributed by atoms with Gasteiger partial charge in [-0.05, 0) is 60.7 Å². The number of benzene rings is 1. The summed E-state index contributed by atoms with van der Waals surface area (Å²) in [5, 5.41) is 4.40. The van der Waals surface area contributed by atoms with E-state index in [1.807, 2.05) is 10.9 Å². The van der Waals surface area contributed by atoms with Gasteiger partial charge in [0.05, 0.1) is 16.4 Å². The van der Waals surface area contributed by atoms with Gasteiger partial charge in [-0.3, -0.25) is 4.68 Å². The van der Waals surface area contributed by atoms with Crippen molar-refractivity contribution < 1.29 is 0 Å². The van der Waals surface area contributed by atoms with Gasteiger partial charge >= 0.3 is 0 Å². The van der Waals surface area contributed by atoms with Crippen LogP contribution in [0.1, 0.15) is 49.2 Å². The highest BCUT2D eigenvalue weighted by Gasteiger charge is 2.18. The maximum absolute atomic E-state index is 6.39. The molecule has 0 aliphatic rings. The van der Waals surface area contributed by atoms with E-state index in [-0.39, 0.29) is 6.04 Å². The first kappa shape index (κ1) is 15.3. The Kier molecular flexibility index (Phi) is 5.00. The minimum absolute atomic E-state index is 0.00567. The fraction of sp³-hybridized carbons (Fsp3) is 0.438. The van der Waals surface area contributed by atoms with Crippen molar-refractivity contribution in [3.05, 3.63) is 51.8 Å². The van der Waals surface area contributed by atoms with Crippen molar-refractivity contribution in [1.29, 1.82) is 0 Å². The molecule has 0 amide bonds. The molecule has 0 aliphatic carbocycles. The Labute approximate surface area is 129 Å². The summed E-state index contributed by atoms with van der Waals surface area (Å²) in [7, 11) is 0. The highest BCUT2D eigenvalue weighted by molar-refractivity contribution is 9.10. The molecule has 3 nitrogen and oxygen atoms in total. The quantitative estimate of drug-likeness (QED) is 0.891. The molecule has 1 heterocycles. The van der Waals surface area contributed by atoms with Crippen LogP contribution in [0.5, 0.6) is 0 Å². The zero-order valence-electron chi connectivity index (χ0n) is 12.3. The highest BCUT2D eigenvalue weighted by Crippen LogP contribution is 2.27. The van der Waals surface area contributed by atoms with E-state index in [4.69, 9.17) is 5.73 Å². The van der Waals surface area contributed by atoms with Crippen LogP contribution >= 0.6 is 15.9 Å². The van der Waals surface area contributed by atoms with Gasteiger partial charge in [-0.1, -0.05) is 24.3 Å². The second-order valence-electron chi connectivity index (χ2n) is 5.49. The Hall–Kier alpha value is -1.13. The predicted molar refractivity (Wildman–Crippen MR) is 86.7 cm³/mol. The van der Waals surface area contributed by atoms with Crippen LogP contribution in [0, 0.1) is 6.92 Å². The second-order valence-corrected chi connectivity index (χ2v) is 6.34. The predicted octanol–water partition coefficient (Wildman–Crippen LogP) is 4.17. The molecule has 1 aromatic heterocycles. The normalized spacial score (nSPS) is 12.9. The molecular weight excluding hydrogens is 314 g/mol. The van der Waals surface area contributed by atoms with E-state index in [2.05, 4.69) is 66.1 Å². The minimum Gasteiger partial charge on any atom is -0.323 e. The fourth-order valence-corrected chi connectivity index (χ4v) is 3.01. The van der Waals surface area contributed by atoms with Gasteiger partial charge in [0.15, 0.2) is 0 Å². The average Bonchev–Trinajstić information content (AvgIpc) is 2.79. The lowest BCUT2D eigenvalue weighted by atomic mass is 10.00. The van der Waals surface area contributed by atoms with E-state index >= 15 is 0 Å². The number of hydrogen-bond donors (Lipinski definition) is 1. The van der Waals surface area contributed by atoms with Crippen molar-refractivity contribution in [2.24, 2.45) is 5.73 Å². The summed E-state index contributed by atoms with van der Waals surface area (Å²) in [6.07, 6.45) is 3.74. The number of aryl methyl sites for hydroxylation is 2. The Bertz CT molecular complexity index is 575. The van der Waals surface area contributed by atoms with Gasteiger partial charge in [0, 0.05) is 12.1 Å². The first-order valence-electron chi connectivity index (χ1n) is 7.03. The number of nitrogens with two attached hydrogens (primary N) is 1. The summed E-state index contributed by atoms with van der Waals surface area (Å²) in [5.74, 6) is 0. The Morgan fingerprint density at radius 1 is 1.30 bits per heavy atom. The van der Waals surface area contributed by atoms with Crippen LogP contribution in [-0.4, -0.2) is 9.78 Å². The molecule has 0 bridgehead atoms. The zero-order valence-corrected chi connectivity index (χ0v) is 13.9. The van der Waals surface area contributed by atoms with Crippen LogP contribution in [0.4, 0.5) is 0 Å². The molecule has 20 heavy (non-hydrogen) atoms. The molecular formula is C16H22BrN3. The lowest BCUT2D eigenvalue weighted by molar-refractivity contribution is 0.476. The SMILES string of the molecule is Cc1ccccc1CCC(N)c1c(Br)cnn1C(C)C. The van der Waals surface area contributed by atoms with E-state index < -0.39 is 0 Å². The summed E-state index contributed by atoms with van der Waals surface area (Å²) in [6.45, 7) is 6.39. The van der Waals surface area contributed by atoms with E-state index in [9.17, 15) is 0 Å². The molecule has 4 heteroatoms. The summed E-state index contributed by atoms with van der Waals surface area (Å²) in [5.41, 5.74) is 10.2. The third kappa shape index (κ3) is 3.30. The summed E-state index contributed by atoms with van der Waals surface area (Å²) >= 11 is 3.56. The maximum Gasteiger partial charge on any atom is 0.0696 e. The van der Waals surface area contributed by atoms with Gasteiger partial charge < -0.3 is 5.73 Å². The van der Waals surface area contributed by atoms with E-state index in [0.29, 0.717) is 6.04 Å². The number of hydrogen-bond acceptors (Lipinski definition) is 2. The molecule has 0 saturated carbocycles. The molecule has 0 radical (unpaired) electrons. The monoisotopic (exact) mass is 335 g/mol. The van der Waals surface area contributed by atoms with E-state index in [0.717, 1.165) is 23.0 Å². The van der Waals surface area contributed by atoms with Crippen molar-refractivity contribution >= 4 is 15.9 Å². The summed E-state index contributed by atoms with van der Waals surface area (Å²) in [6, 6.07) is 8.80. The first-order chi connectivity index (χ1) is 9.50. The van der Waals surface area contributed by atoms with Crippen LogP contribution in [0.3, 0.4) is 0 Å². The molecule has 0 fully saturated rings. The highest BCUT2D eigenvalue weighted by atomic mass is 79.9. The van der Waals surface area contributed by atoms with Gasteiger partial charge in [-0.25, -0.2) is 0 Å². The summed E-state index contributed by atoms with van der Waals surface area (Å²) in [4.78, 5) is 0. The number of nitrogens with zero attached hydrogens (tertiary/aromatic N) is 2. The Morgan fingerprint density at radius 2 is 2.00 bits per heavy atom. The first-order valence-corrected chi connectivity index (χ1v) is 7.83. The molecule has 1 atom stereocenters. The maximum atomic E-state index is 6.39. The molecule has 2 rings (SSSR count). The fourth-order valence-electron chi connectivity index (χ4n) is 2.45. The molecule has 2 N–H and O–H groups in total. The number of aromatic nitrogens is 2. The molecule has 1 unspecified atom stereocenters. The Morgan fingerprint density at radius 3 is 2.65 bits per heavy atom.